The lowest BCUT2D eigenvalue weighted by Gasteiger charge is -2.17. The molecule has 9 aromatic carbocycles. The number of hydrogen-bond acceptors (Lipinski definition) is 0. The number of fused-ring (bicyclic) bond motifs is 5. The first-order chi connectivity index (χ1) is 22.9. The summed E-state index contributed by atoms with van der Waals surface area (Å²) in [7, 11) is 0. The highest BCUT2D eigenvalue weighted by molar-refractivity contribution is 6.34. The minimum Gasteiger partial charge on any atom is -0.203 e. The van der Waals surface area contributed by atoms with Gasteiger partial charge in [0, 0.05) is 0 Å². The maximum atomic E-state index is 14.8. The Morgan fingerprint density at radius 2 is 0.766 bits per heavy atom. The van der Waals surface area contributed by atoms with Crippen LogP contribution in [0.5, 0.6) is 0 Å². The lowest BCUT2D eigenvalue weighted by atomic mass is 9.86. The highest BCUT2D eigenvalue weighted by Gasteiger charge is 2.29. The maximum Gasteiger partial charge on any atom is 0.200 e. The van der Waals surface area contributed by atoms with E-state index in [2.05, 4.69) is 84.9 Å². The van der Waals surface area contributed by atoms with E-state index >= 15 is 0 Å². The fourth-order valence-electron chi connectivity index (χ4n) is 7.99. The summed E-state index contributed by atoms with van der Waals surface area (Å²) >= 11 is 0. The molecular formula is C42H19F5. The summed E-state index contributed by atoms with van der Waals surface area (Å²) in [6.45, 7) is 0. The van der Waals surface area contributed by atoms with E-state index in [1.54, 1.807) is 6.07 Å². The van der Waals surface area contributed by atoms with Gasteiger partial charge < -0.3 is 0 Å². The van der Waals surface area contributed by atoms with Gasteiger partial charge >= 0.3 is 0 Å². The van der Waals surface area contributed by atoms with E-state index in [9.17, 15) is 22.0 Å². The minimum atomic E-state index is -2.17. The zero-order valence-corrected chi connectivity index (χ0v) is 24.4. The third-order valence-electron chi connectivity index (χ3n) is 9.95. The predicted octanol–water partition coefficient (Wildman–Crippen LogP) is 12.6. The second-order valence-corrected chi connectivity index (χ2v) is 12.2. The molecular weight excluding hydrogens is 599 g/mol. The van der Waals surface area contributed by atoms with Gasteiger partial charge in [0.25, 0.3) is 0 Å². The van der Waals surface area contributed by atoms with Gasteiger partial charge in [-0.25, -0.2) is 22.0 Å². The highest BCUT2D eigenvalue weighted by Crippen LogP contribution is 2.52. The third kappa shape index (κ3) is 3.30. The molecule has 1 aliphatic rings. The molecule has 0 fully saturated rings. The van der Waals surface area contributed by atoms with Crippen molar-refractivity contribution in [3.8, 4) is 44.5 Å². The van der Waals surface area contributed by atoms with Crippen LogP contribution in [0.3, 0.4) is 0 Å². The fourth-order valence-corrected chi connectivity index (χ4v) is 7.99. The van der Waals surface area contributed by atoms with E-state index in [4.69, 9.17) is 0 Å². The van der Waals surface area contributed by atoms with E-state index in [-0.39, 0.29) is 5.56 Å². The van der Waals surface area contributed by atoms with Gasteiger partial charge in [0.1, 0.15) is 0 Å². The predicted molar refractivity (Wildman–Crippen MR) is 180 cm³/mol. The largest absolute Gasteiger partial charge is 0.203 e. The van der Waals surface area contributed by atoms with Gasteiger partial charge in [-0.15, -0.1) is 0 Å². The second-order valence-electron chi connectivity index (χ2n) is 12.2. The normalized spacial score (nSPS) is 12.4. The Hall–Kier alpha value is -5.81. The SMILES string of the molecule is Fc1c(F)c(F)c(-c2ccc3c(c2)-c2cccc4c(-c5ccc6c7cccc8cccc(c9cccc5c96)c87)ccc-3c24)c(F)c1F. The van der Waals surface area contributed by atoms with Crippen molar-refractivity contribution in [3.05, 3.63) is 144 Å². The molecule has 10 rings (SSSR count). The van der Waals surface area contributed by atoms with Crippen LogP contribution in [-0.4, -0.2) is 0 Å². The molecule has 0 saturated carbocycles. The average Bonchev–Trinajstić information content (AvgIpc) is 3.43. The first kappa shape index (κ1) is 26.4. The van der Waals surface area contributed by atoms with Crippen LogP contribution < -0.4 is 0 Å². The average molecular weight is 619 g/mol. The summed E-state index contributed by atoms with van der Waals surface area (Å²) in [6, 6.07) is 38.5. The molecule has 0 saturated heterocycles. The van der Waals surface area contributed by atoms with Crippen LogP contribution in [0.4, 0.5) is 22.0 Å². The molecule has 0 spiro atoms. The van der Waals surface area contributed by atoms with E-state index in [0.717, 1.165) is 44.0 Å². The molecule has 0 nitrogen and oxygen atoms in total. The van der Waals surface area contributed by atoms with Crippen LogP contribution in [0, 0.1) is 29.1 Å². The van der Waals surface area contributed by atoms with Gasteiger partial charge in [-0.05, 0) is 98.9 Å². The van der Waals surface area contributed by atoms with Gasteiger partial charge in [0.2, 0.25) is 5.82 Å². The Morgan fingerprint density at radius 3 is 1.47 bits per heavy atom. The first-order valence-corrected chi connectivity index (χ1v) is 15.2. The van der Waals surface area contributed by atoms with Crippen LogP contribution in [0.25, 0.3) is 98.4 Å². The summed E-state index contributed by atoms with van der Waals surface area (Å²) in [5.74, 6) is -9.79. The Bertz CT molecular complexity index is 2770. The summed E-state index contributed by atoms with van der Waals surface area (Å²) in [4.78, 5) is 0. The van der Waals surface area contributed by atoms with Gasteiger partial charge in [0.15, 0.2) is 23.3 Å². The summed E-state index contributed by atoms with van der Waals surface area (Å²) in [6.07, 6.45) is 0. The van der Waals surface area contributed by atoms with Gasteiger partial charge in [0.05, 0.1) is 5.56 Å². The van der Waals surface area contributed by atoms with Crippen LogP contribution in [-0.2, 0) is 0 Å². The second kappa shape index (κ2) is 9.14. The third-order valence-corrected chi connectivity index (χ3v) is 9.95. The van der Waals surface area contributed by atoms with Gasteiger partial charge in [-0.2, -0.15) is 0 Å². The highest BCUT2D eigenvalue weighted by atomic mass is 19.2. The molecule has 0 aliphatic heterocycles. The minimum absolute atomic E-state index is 0.0829. The number of benzene rings is 9. The molecule has 1 aliphatic carbocycles. The Balaban J connectivity index is 1.22. The smallest absolute Gasteiger partial charge is 0.200 e. The molecule has 0 atom stereocenters. The zero-order valence-electron chi connectivity index (χ0n) is 24.4. The Kier molecular flexibility index (Phi) is 5.13. The summed E-state index contributed by atoms with van der Waals surface area (Å²) in [5.41, 5.74) is 4.39. The van der Waals surface area contributed by atoms with E-state index < -0.39 is 34.6 Å². The van der Waals surface area contributed by atoms with Crippen LogP contribution >= 0.6 is 0 Å². The fraction of sp³-hybridized carbons (Fsp3) is 0. The number of halogens is 5. The Labute approximate surface area is 264 Å². The van der Waals surface area contributed by atoms with Crippen molar-refractivity contribution >= 4 is 53.9 Å². The molecule has 0 amide bonds. The van der Waals surface area contributed by atoms with E-state index in [1.807, 2.05) is 12.1 Å². The molecule has 0 aromatic heterocycles. The molecule has 0 bridgehead atoms. The van der Waals surface area contributed by atoms with Crippen molar-refractivity contribution < 1.29 is 22.0 Å². The zero-order chi connectivity index (χ0) is 31.7. The molecule has 0 radical (unpaired) electrons. The standard InChI is InChI=1S/C42H19F5/c43-38-35(39(44)41(46)42(47)40(38)45)21-13-14-24-31-17-15-22(26-10-4-12-30(37(26)31)33(24)19-21)23-16-18-32-28-8-2-6-20-5-1-7-27(34(20)28)29-11-3-9-25(23)36(29)32/h1-19H. The molecule has 0 N–H and O–H groups in total. The molecule has 0 heterocycles. The van der Waals surface area contributed by atoms with Gasteiger partial charge in [-0.3, -0.25) is 0 Å². The monoisotopic (exact) mass is 618 g/mol. The summed E-state index contributed by atoms with van der Waals surface area (Å²) < 4.78 is 71.7. The van der Waals surface area contributed by atoms with E-state index in [0.29, 0.717) is 5.56 Å². The van der Waals surface area contributed by atoms with Crippen molar-refractivity contribution in [1.82, 2.24) is 0 Å². The van der Waals surface area contributed by atoms with Crippen LogP contribution in [0.15, 0.2) is 115 Å². The maximum absolute atomic E-state index is 14.8. The topological polar surface area (TPSA) is 0 Å². The van der Waals surface area contributed by atoms with E-state index in [1.165, 1.54) is 49.8 Å². The number of rotatable bonds is 2. The van der Waals surface area contributed by atoms with Gasteiger partial charge in [-0.1, -0.05) is 109 Å². The van der Waals surface area contributed by atoms with Crippen molar-refractivity contribution in [2.45, 2.75) is 0 Å². The van der Waals surface area contributed by atoms with Crippen molar-refractivity contribution in [2.75, 3.05) is 0 Å². The van der Waals surface area contributed by atoms with Crippen molar-refractivity contribution in [2.24, 2.45) is 0 Å². The molecule has 9 aromatic rings. The number of hydrogen-bond donors (Lipinski definition) is 0. The Morgan fingerprint density at radius 1 is 0.298 bits per heavy atom. The quantitative estimate of drug-likeness (QED) is 0.0595. The molecule has 47 heavy (non-hydrogen) atoms. The molecule has 5 heteroatoms. The first-order valence-electron chi connectivity index (χ1n) is 15.2. The molecule has 0 unspecified atom stereocenters. The van der Waals surface area contributed by atoms with Crippen LogP contribution in [0.2, 0.25) is 0 Å². The lowest BCUT2D eigenvalue weighted by molar-refractivity contribution is 0.381. The molecule has 222 valence electrons. The van der Waals surface area contributed by atoms with Crippen molar-refractivity contribution in [3.63, 3.8) is 0 Å². The van der Waals surface area contributed by atoms with Crippen molar-refractivity contribution in [1.29, 1.82) is 0 Å². The summed E-state index contributed by atoms with van der Waals surface area (Å²) in [5, 5.41) is 11.6. The lowest BCUT2D eigenvalue weighted by Crippen LogP contribution is -2.04. The van der Waals surface area contributed by atoms with Crippen LogP contribution in [0.1, 0.15) is 0 Å².